The van der Waals surface area contributed by atoms with E-state index in [1.165, 1.54) is 12.1 Å². The van der Waals surface area contributed by atoms with E-state index in [0.717, 1.165) is 45.3 Å². The van der Waals surface area contributed by atoms with Gasteiger partial charge in [0.1, 0.15) is 11.5 Å². The molecule has 1 aromatic rings. The SMILES string of the molecule is O=C(NCCCN1CCNCC1)c1ccc(F)cn1. The lowest BCUT2D eigenvalue weighted by molar-refractivity contribution is 0.0946. The second kappa shape index (κ2) is 7.16. The van der Waals surface area contributed by atoms with Gasteiger partial charge in [-0.15, -0.1) is 0 Å². The van der Waals surface area contributed by atoms with Crippen LogP contribution >= 0.6 is 0 Å². The number of piperazine rings is 1. The molecular weight excluding hydrogens is 247 g/mol. The summed E-state index contributed by atoms with van der Waals surface area (Å²) in [7, 11) is 0. The Morgan fingerprint density at radius 3 is 2.89 bits per heavy atom. The Morgan fingerprint density at radius 2 is 2.21 bits per heavy atom. The molecular formula is C13H19FN4O. The number of rotatable bonds is 5. The van der Waals surface area contributed by atoms with E-state index in [-0.39, 0.29) is 11.6 Å². The van der Waals surface area contributed by atoms with Crippen molar-refractivity contribution in [2.45, 2.75) is 6.42 Å². The van der Waals surface area contributed by atoms with Gasteiger partial charge < -0.3 is 15.5 Å². The van der Waals surface area contributed by atoms with Gasteiger partial charge in [0.15, 0.2) is 0 Å². The molecule has 2 rings (SSSR count). The summed E-state index contributed by atoms with van der Waals surface area (Å²) in [6.07, 6.45) is 1.96. The minimum atomic E-state index is -0.435. The summed E-state index contributed by atoms with van der Waals surface area (Å²) in [6, 6.07) is 2.63. The van der Waals surface area contributed by atoms with Gasteiger partial charge in [-0.1, -0.05) is 0 Å². The zero-order chi connectivity index (χ0) is 13.5. The average Bonchev–Trinajstić information content (AvgIpc) is 2.45. The van der Waals surface area contributed by atoms with Crippen LogP contribution in [0, 0.1) is 5.82 Å². The van der Waals surface area contributed by atoms with Crippen LogP contribution in [0.3, 0.4) is 0 Å². The van der Waals surface area contributed by atoms with Gasteiger partial charge in [0, 0.05) is 32.7 Å². The van der Waals surface area contributed by atoms with Crippen LogP contribution in [0.2, 0.25) is 0 Å². The molecule has 5 nitrogen and oxygen atoms in total. The largest absolute Gasteiger partial charge is 0.351 e. The first-order valence-electron chi connectivity index (χ1n) is 6.58. The Hall–Kier alpha value is -1.53. The molecule has 0 aromatic carbocycles. The smallest absolute Gasteiger partial charge is 0.269 e. The normalized spacial score (nSPS) is 16.3. The molecule has 0 aliphatic carbocycles. The minimum absolute atomic E-state index is 0.250. The number of amides is 1. The summed E-state index contributed by atoms with van der Waals surface area (Å²) in [5.74, 6) is -0.685. The van der Waals surface area contributed by atoms with Crippen LogP contribution in [0.15, 0.2) is 18.3 Å². The zero-order valence-electron chi connectivity index (χ0n) is 10.9. The molecule has 6 heteroatoms. The molecule has 2 heterocycles. The maximum absolute atomic E-state index is 12.7. The van der Waals surface area contributed by atoms with E-state index in [9.17, 15) is 9.18 Å². The maximum Gasteiger partial charge on any atom is 0.269 e. The summed E-state index contributed by atoms with van der Waals surface area (Å²) >= 11 is 0. The standard InChI is InChI=1S/C13H19FN4O/c14-11-2-3-12(17-10-11)13(19)16-4-1-7-18-8-5-15-6-9-18/h2-3,10,15H,1,4-9H2,(H,16,19). The van der Waals surface area contributed by atoms with Crippen LogP contribution in [0.1, 0.15) is 16.9 Å². The second-order valence-electron chi connectivity index (χ2n) is 4.56. The van der Waals surface area contributed by atoms with Gasteiger partial charge in [-0.05, 0) is 25.1 Å². The predicted molar refractivity (Wildman–Crippen MR) is 70.5 cm³/mol. The lowest BCUT2D eigenvalue weighted by Crippen LogP contribution is -2.44. The number of carbonyl (C=O) groups excluding carboxylic acids is 1. The predicted octanol–water partition coefficient (Wildman–Crippen LogP) is 0.246. The maximum atomic E-state index is 12.7. The molecule has 1 fully saturated rings. The van der Waals surface area contributed by atoms with Crippen LogP contribution in [-0.2, 0) is 0 Å². The van der Waals surface area contributed by atoms with E-state index in [1.807, 2.05) is 0 Å². The first kappa shape index (κ1) is 13.9. The highest BCUT2D eigenvalue weighted by Crippen LogP contribution is 1.98. The topological polar surface area (TPSA) is 57.3 Å². The molecule has 0 radical (unpaired) electrons. The van der Waals surface area contributed by atoms with E-state index in [1.54, 1.807) is 0 Å². The van der Waals surface area contributed by atoms with Crippen molar-refractivity contribution in [2.24, 2.45) is 0 Å². The van der Waals surface area contributed by atoms with Crippen LogP contribution in [0.25, 0.3) is 0 Å². The van der Waals surface area contributed by atoms with E-state index in [4.69, 9.17) is 0 Å². The first-order chi connectivity index (χ1) is 9.25. The van der Waals surface area contributed by atoms with Gasteiger partial charge in [-0.2, -0.15) is 0 Å². The van der Waals surface area contributed by atoms with Gasteiger partial charge in [-0.3, -0.25) is 4.79 Å². The minimum Gasteiger partial charge on any atom is -0.351 e. The Balaban J connectivity index is 1.64. The van der Waals surface area contributed by atoms with Crippen molar-refractivity contribution in [1.82, 2.24) is 20.5 Å². The highest BCUT2D eigenvalue weighted by Gasteiger charge is 2.09. The van der Waals surface area contributed by atoms with Crippen LogP contribution in [0.4, 0.5) is 4.39 Å². The van der Waals surface area contributed by atoms with Crippen molar-refractivity contribution >= 4 is 5.91 Å². The molecule has 1 aromatic heterocycles. The Kier molecular flexibility index (Phi) is 5.23. The summed E-state index contributed by atoms with van der Waals surface area (Å²) in [5, 5.41) is 6.09. The molecule has 104 valence electrons. The number of nitrogens with zero attached hydrogens (tertiary/aromatic N) is 2. The van der Waals surface area contributed by atoms with Crippen molar-refractivity contribution in [3.8, 4) is 0 Å². The van der Waals surface area contributed by atoms with E-state index in [2.05, 4.69) is 20.5 Å². The third-order valence-corrected chi connectivity index (χ3v) is 3.11. The molecule has 2 N–H and O–H groups in total. The third kappa shape index (κ3) is 4.57. The fourth-order valence-electron chi connectivity index (χ4n) is 2.04. The number of nitrogens with one attached hydrogen (secondary N) is 2. The Morgan fingerprint density at radius 1 is 1.42 bits per heavy atom. The van der Waals surface area contributed by atoms with Crippen LogP contribution < -0.4 is 10.6 Å². The molecule has 1 saturated heterocycles. The molecule has 19 heavy (non-hydrogen) atoms. The van der Waals surface area contributed by atoms with Crippen molar-refractivity contribution in [2.75, 3.05) is 39.3 Å². The van der Waals surface area contributed by atoms with E-state index < -0.39 is 5.82 Å². The van der Waals surface area contributed by atoms with Gasteiger partial charge >= 0.3 is 0 Å². The van der Waals surface area contributed by atoms with Crippen LogP contribution in [-0.4, -0.2) is 55.1 Å². The molecule has 1 aliphatic heterocycles. The Labute approximate surface area is 112 Å². The fraction of sp³-hybridized carbons (Fsp3) is 0.538. The van der Waals surface area contributed by atoms with E-state index in [0.29, 0.717) is 6.54 Å². The van der Waals surface area contributed by atoms with Gasteiger partial charge in [0.05, 0.1) is 6.20 Å². The van der Waals surface area contributed by atoms with Gasteiger partial charge in [0.25, 0.3) is 5.91 Å². The molecule has 1 amide bonds. The lowest BCUT2D eigenvalue weighted by Gasteiger charge is -2.27. The summed E-state index contributed by atoms with van der Waals surface area (Å²) in [5.41, 5.74) is 0.253. The highest BCUT2D eigenvalue weighted by molar-refractivity contribution is 5.92. The number of aromatic nitrogens is 1. The molecule has 0 saturated carbocycles. The van der Waals surface area contributed by atoms with Crippen molar-refractivity contribution < 1.29 is 9.18 Å². The van der Waals surface area contributed by atoms with Gasteiger partial charge in [0.2, 0.25) is 0 Å². The molecule has 0 unspecified atom stereocenters. The van der Waals surface area contributed by atoms with Crippen molar-refractivity contribution in [3.05, 3.63) is 29.8 Å². The van der Waals surface area contributed by atoms with Crippen molar-refractivity contribution in [1.29, 1.82) is 0 Å². The second-order valence-corrected chi connectivity index (χ2v) is 4.56. The first-order valence-corrected chi connectivity index (χ1v) is 6.58. The number of carbonyl (C=O) groups is 1. The molecule has 0 atom stereocenters. The number of hydrogen-bond donors (Lipinski definition) is 2. The molecule has 0 spiro atoms. The van der Waals surface area contributed by atoms with Crippen molar-refractivity contribution in [3.63, 3.8) is 0 Å². The average molecular weight is 266 g/mol. The van der Waals surface area contributed by atoms with Gasteiger partial charge in [-0.25, -0.2) is 9.37 Å². The fourth-order valence-corrected chi connectivity index (χ4v) is 2.04. The zero-order valence-corrected chi connectivity index (χ0v) is 10.9. The molecule has 0 bridgehead atoms. The number of pyridine rings is 1. The quantitative estimate of drug-likeness (QED) is 0.750. The summed E-state index contributed by atoms with van der Waals surface area (Å²) in [6.45, 7) is 5.79. The number of halogens is 1. The lowest BCUT2D eigenvalue weighted by atomic mass is 10.3. The summed E-state index contributed by atoms with van der Waals surface area (Å²) < 4.78 is 12.7. The summed E-state index contributed by atoms with van der Waals surface area (Å²) in [4.78, 5) is 17.8. The highest BCUT2D eigenvalue weighted by atomic mass is 19.1. The Bertz CT molecular complexity index is 404. The van der Waals surface area contributed by atoms with E-state index >= 15 is 0 Å². The molecule has 1 aliphatic rings. The van der Waals surface area contributed by atoms with Crippen LogP contribution in [0.5, 0.6) is 0 Å². The number of hydrogen-bond acceptors (Lipinski definition) is 4. The monoisotopic (exact) mass is 266 g/mol. The third-order valence-electron chi connectivity index (χ3n) is 3.11.